The van der Waals surface area contributed by atoms with Gasteiger partial charge in [0.1, 0.15) is 5.60 Å². The summed E-state index contributed by atoms with van der Waals surface area (Å²) in [6, 6.07) is 10.7. The maximum absolute atomic E-state index is 5.77. The van der Waals surface area contributed by atoms with Gasteiger partial charge in [-0.25, -0.2) is 0 Å². The number of benzene rings is 1. The molecule has 1 heterocycles. The quantitative estimate of drug-likeness (QED) is 0.650. The normalized spacial score (nSPS) is 32.0. The number of rotatable bonds is 2. The highest BCUT2D eigenvalue weighted by molar-refractivity contribution is 5.28. The molecule has 0 spiro atoms. The third-order valence-corrected chi connectivity index (χ3v) is 3.73. The minimum atomic E-state index is 0.123. The van der Waals surface area contributed by atoms with E-state index in [4.69, 9.17) is 4.74 Å². The van der Waals surface area contributed by atoms with Gasteiger partial charge in [-0.3, -0.25) is 0 Å². The third-order valence-electron chi connectivity index (χ3n) is 3.73. The topological polar surface area (TPSA) is 12.5 Å². The first-order valence-electron chi connectivity index (χ1n) is 5.61. The van der Waals surface area contributed by atoms with E-state index in [9.17, 15) is 0 Å². The second kappa shape index (κ2) is 3.09. The zero-order valence-electron chi connectivity index (χ0n) is 8.41. The van der Waals surface area contributed by atoms with Gasteiger partial charge in [0, 0.05) is 0 Å². The Kier molecular flexibility index (Phi) is 1.88. The van der Waals surface area contributed by atoms with Crippen LogP contribution >= 0.6 is 0 Å². The molecule has 0 unspecified atom stereocenters. The van der Waals surface area contributed by atoms with E-state index < -0.39 is 0 Å². The molecule has 0 aromatic heterocycles. The molecule has 2 aliphatic rings. The first-order chi connectivity index (χ1) is 6.92. The van der Waals surface area contributed by atoms with Crippen molar-refractivity contribution in [2.75, 3.05) is 6.61 Å². The van der Waals surface area contributed by atoms with Gasteiger partial charge in [0.2, 0.25) is 0 Å². The number of hydrogen-bond acceptors (Lipinski definition) is 1. The second-order valence-electron chi connectivity index (χ2n) is 4.53. The van der Waals surface area contributed by atoms with Gasteiger partial charge in [-0.05, 0) is 24.3 Å². The largest absolute Gasteiger partial charge is 0.364 e. The van der Waals surface area contributed by atoms with Crippen LogP contribution < -0.4 is 0 Å². The van der Waals surface area contributed by atoms with Gasteiger partial charge in [-0.15, -0.1) is 0 Å². The van der Waals surface area contributed by atoms with E-state index in [0.717, 1.165) is 12.5 Å². The molecule has 1 saturated carbocycles. The Balaban J connectivity index is 1.89. The summed E-state index contributed by atoms with van der Waals surface area (Å²) in [4.78, 5) is 0. The van der Waals surface area contributed by atoms with Gasteiger partial charge in [-0.1, -0.05) is 43.2 Å². The molecule has 1 atom stereocenters. The molecule has 1 aromatic carbocycles. The van der Waals surface area contributed by atoms with Crippen LogP contribution in [0.4, 0.5) is 0 Å². The summed E-state index contributed by atoms with van der Waals surface area (Å²) in [5.74, 6) is 0.782. The average molecular weight is 188 g/mol. The van der Waals surface area contributed by atoms with Crippen molar-refractivity contribution in [1.29, 1.82) is 0 Å². The fourth-order valence-electron chi connectivity index (χ4n) is 2.83. The van der Waals surface area contributed by atoms with E-state index in [1.165, 1.54) is 31.2 Å². The van der Waals surface area contributed by atoms with Crippen molar-refractivity contribution in [3.05, 3.63) is 35.9 Å². The lowest BCUT2D eigenvalue weighted by Crippen LogP contribution is -2.19. The van der Waals surface area contributed by atoms with E-state index >= 15 is 0 Å². The van der Waals surface area contributed by atoms with Crippen molar-refractivity contribution in [2.45, 2.75) is 31.3 Å². The number of hydrogen-bond donors (Lipinski definition) is 0. The van der Waals surface area contributed by atoms with Crippen LogP contribution in [0.1, 0.15) is 31.2 Å². The molecule has 0 N–H and O–H groups in total. The minimum absolute atomic E-state index is 0.123. The van der Waals surface area contributed by atoms with Gasteiger partial charge in [0.25, 0.3) is 0 Å². The fourth-order valence-corrected chi connectivity index (χ4v) is 2.83. The molecule has 0 radical (unpaired) electrons. The van der Waals surface area contributed by atoms with Crippen LogP contribution in [-0.2, 0) is 10.3 Å². The maximum atomic E-state index is 5.77. The zero-order valence-corrected chi connectivity index (χ0v) is 8.41. The SMILES string of the molecule is c1ccc([C@]2(C3CCCC3)CO2)cc1. The Morgan fingerprint density at radius 1 is 1.07 bits per heavy atom. The molecular weight excluding hydrogens is 172 g/mol. The second-order valence-corrected chi connectivity index (χ2v) is 4.53. The Morgan fingerprint density at radius 3 is 2.29 bits per heavy atom. The Morgan fingerprint density at radius 2 is 1.71 bits per heavy atom. The van der Waals surface area contributed by atoms with Gasteiger partial charge in [-0.2, -0.15) is 0 Å². The molecule has 0 amide bonds. The summed E-state index contributed by atoms with van der Waals surface area (Å²) in [5.41, 5.74) is 1.52. The van der Waals surface area contributed by atoms with E-state index in [0.29, 0.717) is 0 Å². The maximum Gasteiger partial charge on any atom is 0.119 e. The highest BCUT2D eigenvalue weighted by atomic mass is 16.6. The van der Waals surface area contributed by atoms with E-state index in [1.54, 1.807) is 0 Å². The predicted octanol–water partition coefficient (Wildman–Crippen LogP) is 3.10. The lowest BCUT2D eigenvalue weighted by atomic mass is 9.85. The lowest BCUT2D eigenvalue weighted by molar-refractivity contribution is 0.220. The minimum Gasteiger partial charge on any atom is -0.364 e. The van der Waals surface area contributed by atoms with Gasteiger partial charge >= 0.3 is 0 Å². The predicted molar refractivity (Wildman–Crippen MR) is 56.0 cm³/mol. The summed E-state index contributed by atoms with van der Waals surface area (Å²) in [5, 5.41) is 0. The molecule has 1 nitrogen and oxygen atoms in total. The molecule has 14 heavy (non-hydrogen) atoms. The molecule has 2 fully saturated rings. The molecule has 0 bridgehead atoms. The molecule has 1 heteroatoms. The van der Waals surface area contributed by atoms with E-state index in [2.05, 4.69) is 30.3 Å². The Labute approximate surface area is 85.1 Å². The summed E-state index contributed by atoms with van der Waals surface area (Å²) < 4.78 is 5.77. The Hall–Kier alpha value is -0.820. The fraction of sp³-hybridized carbons (Fsp3) is 0.538. The summed E-state index contributed by atoms with van der Waals surface area (Å²) in [6.45, 7) is 0.946. The summed E-state index contributed by atoms with van der Waals surface area (Å²) >= 11 is 0. The number of epoxide rings is 1. The van der Waals surface area contributed by atoms with E-state index in [1.807, 2.05) is 0 Å². The standard InChI is InChI=1S/C13H16O/c1-2-6-11(7-3-1)13(10-14-13)12-8-4-5-9-12/h1-3,6-7,12H,4-5,8-10H2/t13-/m0/s1. The molecule has 1 aliphatic carbocycles. The van der Waals surface area contributed by atoms with Crippen molar-refractivity contribution >= 4 is 0 Å². The molecule has 1 saturated heterocycles. The first kappa shape index (κ1) is 8.49. The van der Waals surface area contributed by atoms with Crippen molar-refractivity contribution in [2.24, 2.45) is 5.92 Å². The van der Waals surface area contributed by atoms with Gasteiger partial charge < -0.3 is 4.74 Å². The summed E-state index contributed by atoms with van der Waals surface area (Å²) in [7, 11) is 0. The van der Waals surface area contributed by atoms with Crippen molar-refractivity contribution in [3.8, 4) is 0 Å². The van der Waals surface area contributed by atoms with Crippen LogP contribution in [0.25, 0.3) is 0 Å². The zero-order chi connectivity index (χ0) is 9.43. The van der Waals surface area contributed by atoms with Gasteiger partial charge in [0.05, 0.1) is 6.61 Å². The highest BCUT2D eigenvalue weighted by Crippen LogP contribution is 2.51. The van der Waals surface area contributed by atoms with E-state index in [-0.39, 0.29) is 5.60 Å². The smallest absolute Gasteiger partial charge is 0.119 e. The molecule has 1 aliphatic heterocycles. The third kappa shape index (κ3) is 1.19. The van der Waals surface area contributed by atoms with Crippen LogP contribution in [0.15, 0.2) is 30.3 Å². The molecule has 1 aromatic rings. The molecule has 3 rings (SSSR count). The van der Waals surface area contributed by atoms with Crippen LogP contribution in [-0.4, -0.2) is 6.61 Å². The van der Waals surface area contributed by atoms with Crippen molar-refractivity contribution < 1.29 is 4.74 Å². The average Bonchev–Trinajstić information content (AvgIpc) is 2.88. The Bertz CT molecular complexity index is 307. The first-order valence-corrected chi connectivity index (χ1v) is 5.61. The number of ether oxygens (including phenoxy) is 1. The highest BCUT2D eigenvalue weighted by Gasteiger charge is 2.53. The van der Waals surface area contributed by atoms with Crippen LogP contribution in [0, 0.1) is 5.92 Å². The molecule has 74 valence electrons. The monoisotopic (exact) mass is 188 g/mol. The van der Waals surface area contributed by atoms with Crippen LogP contribution in [0.5, 0.6) is 0 Å². The van der Waals surface area contributed by atoms with Gasteiger partial charge in [0.15, 0.2) is 0 Å². The molecular formula is C13H16O. The van der Waals surface area contributed by atoms with Crippen LogP contribution in [0.2, 0.25) is 0 Å². The summed E-state index contributed by atoms with van der Waals surface area (Å²) in [6.07, 6.45) is 5.50. The van der Waals surface area contributed by atoms with Crippen molar-refractivity contribution in [1.82, 2.24) is 0 Å². The van der Waals surface area contributed by atoms with Crippen molar-refractivity contribution in [3.63, 3.8) is 0 Å². The lowest BCUT2D eigenvalue weighted by Gasteiger charge is -2.19. The van der Waals surface area contributed by atoms with Crippen LogP contribution in [0.3, 0.4) is 0 Å².